The van der Waals surface area contributed by atoms with Crippen LogP contribution in [0.25, 0.3) is 0 Å². The van der Waals surface area contributed by atoms with Gasteiger partial charge in [0.25, 0.3) is 0 Å². The van der Waals surface area contributed by atoms with Crippen molar-refractivity contribution in [1.29, 1.82) is 0 Å². The van der Waals surface area contributed by atoms with Gasteiger partial charge in [-0.15, -0.1) is 0 Å². The summed E-state index contributed by atoms with van der Waals surface area (Å²) >= 11 is 6.35. The van der Waals surface area contributed by atoms with E-state index in [1.165, 1.54) is 0 Å². The molecule has 0 unspecified atom stereocenters. The number of carbonyl (C=O) groups is 1. The highest BCUT2D eigenvalue weighted by Crippen LogP contribution is 2.39. The standard InChI is InChI=1S/C25H35ClF3N5O2Si/c1-24(2,3)37(4,5)36-17-10-11-19(26)20(15-17)32-23-31-16-18(25(27,28)29)22(33-23)30-12-8-14-34-13-7-6-9-21(34)35/h10-11,15-16H,6-9,12-14H2,1-5H3,(H2,30,31,32,33). The summed E-state index contributed by atoms with van der Waals surface area (Å²) in [4.78, 5) is 21.7. The summed E-state index contributed by atoms with van der Waals surface area (Å²) in [6, 6.07) is 5.13. The van der Waals surface area contributed by atoms with Crippen LogP contribution in [0.5, 0.6) is 5.75 Å². The molecule has 12 heteroatoms. The highest BCUT2D eigenvalue weighted by Gasteiger charge is 2.39. The Balaban J connectivity index is 1.75. The quantitative estimate of drug-likeness (QED) is 0.253. The lowest BCUT2D eigenvalue weighted by Gasteiger charge is -2.36. The SMILES string of the molecule is CC(C)(C)[Si](C)(C)Oc1ccc(Cl)c(Nc2ncc(C(F)(F)F)c(NCCCN3CCCCC3=O)n2)c1. The third-order valence-electron chi connectivity index (χ3n) is 6.78. The number of piperidine rings is 1. The maximum atomic E-state index is 13.6. The van der Waals surface area contributed by atoms with Crippen LogP contribution in [0.4, 0.5) is 30.6 Å². The van der Waals surface area contributed by atoms with Crippen LogP contribution in [-0.4, -0.2) is 48.7 Å². The number of hydrogen-bond acceptors (Lipinski definition) is 6. The van der Waals surface area contributed by atoms with Crippen LogP contribution in [0.2, 0.25) is 23.2 Å². The molecule has 37 heavy (non-hydrogen) atoms. The molecule has 1 aromatic heterocycles. The van der Waals surface area contributed by atoms with Crippen LogP contribution in [0.15, 0.2) is 24.4 Å². The molecule has 0 saturated carbocycles. The summed E-state index contributed by atoms with van der Waals surface area (Å²) in [5, 5.41) is 6.04. The second-order valence-corrected chi connectivity index (χ2v) is 15.8. The van der Waals surface area contributed by atoms with E-state index in [4.69, 9.17) is 16.0 Å². The zero-order valence-electron chi connectivity index (χ0n) is 21.9. The molecule has 0 atom stereocenters. The summed E-state index contributed by atoms with van der Waals surface area (Å²) in [5.74, 6) is 0.330. The number of rotatable bonds is 9. The number of hydrogen-bond donors (Lipinski definition) is 2. The molecule has 7 nitrogen and oxygen atoms in total. The molecule has 2 N–H and O–H groups in total. The van der Waals surface area contributed by atoms with Gasteiger partial charge in [-0.2, -0.15) is 18.2 Å². The number of likely N-dealkylation sites (tertiary alicyclic amines) is 1. The van der Waals surface area contributed by atoms with Gasteiger partial charge < -0.3 is 20.0 Å². The fraction of sp³-hybridized carbons (Fsp3) is 0.560. The van der Waals surface area contributed by atoms with E-state index in [0.29, 0.717) is 42.4 Å². The van der Waals surface area contributed by atoms with Crippen molar-refractivity contribution in [2.24, 2.45) is 0 Å². The molecule has 0 bridgehead atoms. The van der Waals surface area contributed by atoms with E-state index in [1.54, 1.807) is 23.1 Å². The summed E-state index contributed by atoms with van der Waals surface area (Å²) in [5.41, 5.74) is -0.541. The van der Waals surface area contributed by atoms with Crippen LogP contribution >= 0.6 is 11.6 Å². The Labute approximate surface area is 222 Å². The van der Waals surface area contributed by atoms with Gasteiger partial charge in [0, 0.05) is 38.3 Å². The first kappa shape index (κ1) is 29.0. The first-order chi connectivity index (χ1) is 17.2. The summed E-state index contributed by atoms with van der Waals surface area (Å²) < 4.78 is 47.1. The van der Waals surface area contributed by atoms with E-state index in [0.717, 1.165) is 19.0 Å². The second-order valence-electron chi connectivity index (χ2n) is 10.7. The molecule has 1 saturated heterocycles. The monoisotopic (exact) mass is 557 g/mol. The van der Waals surface area contributed by atoms with Gasteiger partial charge in [0.2, 0.25) is 20.2 Å². The van der Waals surface area contributed by atoms with E-state index in [9.17, 15) is 18.0 Å². The van der Waals surface area contributed by atoms with Gasteiger partial charge in [-0.25, -0.2) is 4.98 Å². The van der Waals surface area contributed by atoms with Crippen LogP contribution in [-0.2, 0) is 11.0 Å². The molecule has 1 aliphatic heterocycles. The van der Waals surface area contributed by atoms with Gasteiger partial charge in [0.15, 0.2) is 0 Å². The van der Waals surface area contributed by atoms with Crippen molar-refractivity contribution < 1.29 is 22.4 Å². The van der Waals surface area contributed by atoms with Crippen molar-refractivity contribution in [2.75, 3.05) is 30.3 Å². The number of alkyl halides is 3. The Morgan fingerprint density at radius 3 is 2.57 bits per heavy atom. The number of benzene rings is 1. The second kappa shape index (κ2) is 11.5. The lowest BCUT2D eigenvalue weighted by molar-refractivity contribution is -0.137. The first-order valence-corrected chi connectivity index (χ1v) is 15.7. The Morgan fingerprint density at radius 2 is 1.92 bits per heavy atom. The van der Waals surface area contributed by atoms with Gasteiger partial charge in [-0.1, -0.05) is 32.4 Å². The van der Waals surface area contributed by atoms with E-state index in [-0.39, 0.29) is 29.3 Å². The molecule has 2 aromatic rings. The largest absolute Gasteiger partial charge is 0.543 e. The number of carbonyl (C=O) groups excluding carboxylic acids is 1. The minimum Gasteiger partial charge on any atom is -0.543 e. The Bertz CT molecular complexity index is 1110. The molecule has 0 radical (unpaired) electrons. The van der Waals surface area contributed by atoms with Crippen LogP contribution in [0.3, 0.4) is 0 Å². The van der Waals surface area contributed by atoms with E-state index in [1.807, 2.05) is 0 Å². The maximum absolute atomic E-state index is 13.6. The molecule has 1 amide bonds. The normalized spacial score (nSPS) is 15.1. The molecule has 3 rings (SSSR count). The predicted octanol–water partition coefficient (Wildman–Crippen LogP) is 7.09. The third-order valence-corrected chi connectivity index (χ3v) is 11.5. The number of amides is 1. The van der Waals surface area contributed by atoms with Crippen LogP contribution < -0.4 is 15.1 Å². The van der Waals surface area contributed by atoms with Gasteiger partial charge >= 0.3 is 6.18 Å². The third kappa shape index (κ3) is 7.73. The van der Waals surface area contributed by atoms with E-state index in [2.05, 4.69) is 54.5 Å². The van der Waals surface area contributed by atoms with Gasteiger partial charge in [0.05, 0.1) is 10.7 Å². The van der Waals surface area contributed by atoms with Crippen LogP contribution in [0.1, 0.15) is 52.0 Å². The summed E-state index contributed by atoms with van der Waals surface area (Å²) in [6.07, 6.45) is -1.03. The summed E-state index contributed by atoms with van der Waals surface area (Å²) in [6.45, 7) is 12.0. The fourth-order valence-electron chi connectivity index (χ4n) is 3.59. The highest BCUT2D eigenvalue weighted by atomic mass is 35.5. The minimum atomic E-state index is -4.63. The maximum Gasteiger partial charge on any atom is 0.421 e. The highest BCUT2D eigenvalue weighted by molar-refractivity contribution is 6.74. The Hall–Kier alpha value is -2.53. The number of nitrogens with zero attached hydrogens (tertiary/aromatic N) is 3. The lowest BCUT2D eigenvalue weighted by Crippen LogP contribution is -2.43. The zero-order chi connectivity index (χ0) is 27.4. The number of aromatic nitrogens is 2. The zero-order valence-corrected chi connectivity index (χ0v) is 23.7. The van der Waals surface area contributed by atoms with Crippen molar-refractivity contribution >= 4 is 43.3 Å². The molecule has 1 aliphatic rings. The smallest absolute Gasteiger partial charge is 0.421 e. The predicted molar refractivity (Wildman–Crippen MR) is 143 cm³/mol. The Morgan fingerprint density at radius 1 is 1.19 bits per heavy atom. The summed E-state index contributed by atoms with van der Waals surface area (Å²) in [7, 11) is -2.11. The van der Waals surface area contributed by atoms with Crippen molar-refractivity contribution in [1.82, 2.24) is 14.9 Å². The number of nitrogens with one attached hydrogen (secondary N) is 2. The van der Waals surface area contributed by atoms with Crippen molar-refractivity contribution in [3.05, 3.63) is 35.0 Å². The fourth-order valence-corrected chi connectivity index (χ4v) is 4.78. The number of halogens is 4. The van der Waals surface area contributed by atoms with E-state index < -0.39 is 20.1 Å². The molecular formula is C25H35ClF3N5O2Si. The molecule has 0 spiro atoms. The molecule has 1 fully saturated rings. The average molecular weight is 558 g/mol. The Kier molecular flexibility index (Phi) is 9.00. The minimum absolute atomic E-state index is 0.0153. The van der Waals surface area contributed by atoms with Crippen LogP contribution in [0, 0.1) is 0 Å². The van der Waals surface area contributed by atoms with Crippen molar-refractivity contribution in [3.63, 3.8) is 0 Å². The molecule has 204 valence electrons. The lowest BCUT2D eigenvalue weighted by atomic mass is 10.1. The average Bonchev–Trinajstić information content (AvgIpc) is 2.78. The van der Waals surface area contributed by atoms with Crippen molar-refractivity contribution in [3.8, 4) is 5.75 Å². The molecule has 2 heterocycles. The van der Waals surface area contributed by atoms with Gasteiger partial charge in [0.1, 0.15) is 17.1 Å². The number of anilines is 3. The molecule has 0 aliphatic carbocycles. The van der Waals surface area contributed by atoms with Gasteiger partial charge in [-0.05, 0) is 49.5 Å². The topological polar surface area (TPSA) is 79.4 Å². The molecule has 1 aromatic carbocycles. The van der Waals surface area contributed by atoms with Crippen molar-refractivity contribution in [2.45, 2.75) is 70.8 Å². The first-order valence-electron chi connectivity index (χ1n) is 12.4. The van der Waals surface area contributed by atoms with Gasteiger partial charge in [-0.3, -0.25) is 4.79 Å². The molecular weight excluding hydrogens is 523 g/mol. The van der Waals surface area contributed by atoms with E-state index >= 15 is 0 Å².